The fraction of sp³-hybridized carbons (Fsp3) is 0.385. The molecule has 1 aliphatic heterocycles. The number of nitrogens with zero attached hydrogens (tertiary/aromatic N) is 2. The van der Waals surface area contributed by atoms with Crippen molar-refractivity contribution in [3.05, 3.63) is 41.5 Å². The molecule has 1 fully saturated rings. The van der Waals surface area contributed by atoms with Gasteiger partial charge in [-0.15, -0.1) is 0 Å². The normalized spacial score (nSPS) is 16.8. The van der Waals surface area contributed by atoms with Gasteiger partial charge in [-0.1, -0.05) is 29.4 Å². The third-order valence-electron chi connectivity index (χ3n) is 6.64. The molecule has 0 bridgehead atoms. The van der Waals surface area contributed by atoms with Crippen LogP contribution < -0.4 is 10.2 Å². The van der Waals surface area contributed by atoms with Crippen molar-refractivity contribution in [1.29, 1.82) is 0 Å². The molecule has 1 saturated heterocycles. The zero-order chi connectivity index (χ0) is 24.5. The van der Waals surface area contributed by atoms with E-state index in [1.54, 1.807) is 13.0 Å². The molecule has 2 aromatic carbocycles. The number of anilines is 2. The summed E-state index contributed by atoms with van der Waals surface area (Å²) in [6.45, 7) is 3.75. The Morgan fingerprint density at radius 1 is 1.29 bits per heavy atom. The predicted molar refractivity (Wildman–Crippen MR) is 130 cm³/mol. The van der Waals surface area contributed by atoms with E-state index in [-0.39, 0.29) is 24.1 Å². The molecule has 35 heavy (non-hydrogen) atoms. The van der Waals surface area contributed by atoms with Crippen LogP contribution in [0.3, 0.4) is 0 Å². The Balaban J connectivity index is 1.59. The van der Waals surface area contributed by atoms with Gasteiger partial charge in [0, 0.05) is 42.9 Å². The minimum absolute atomic E-state index is 0.0279. The number of hydrogen-bond donors (Lipinski definition) is 2. The predicted octanol–water partition coefficient (Wildman–Crippen LogP) is 4.10. The van der Waals surface area contributed by atoms with Gasteiger partial charge in [0.05, 0.1) is 29.2 Å². The Hall–Kier alpha value is -3.88. The number of ketones is 1. The lowest BCUT2D eigenvalue weighted by molar-refractivity contribution is -0.148. The average molecular weight is 478 g/mol. The summed E-state index contributed by atoms with van der Waals surface area (Å²) in [7, 11) is 0. The molecule has 2 N–H and O–H groups in total. The summed E-state index contributed by atoms with van der Waals surface area (Å²) < 4.78 is 11.1. The van der Waals surface area contributed by atoms with Crippen LogP contribution in [0.15, 0.2) is 34.9 Å². The summed E-state index contributed by atoms with van der Waals surface area (Å²) in [4.78, 5) is 39.1. The number of benzene rings is 2. The number of fused-ring (bicyclic) bond motifs is 2. The lowest BCUT2D eigenvalue weighted by atomic mass is 9.86. The molecule has 0 amide bonds. The van der Waals surface area contributed by atoms with Gasteiger partial charge in [-0.05, 0) is 32.3 Å². The smallest absolute Gasteiger partial charge is 0.310 e. The molecule has 1 aromatic heterocycles. The molecule has 5 rings (SSSR count). The number of carbonyl (C=O) groups excluding carboxylic acids is 2. The molecule has 9 nitrogen and oxygen atoms in total. The van der Waals surface area contributed by atoms with E-state index in [9.17, 15) is 14.4 Å². The van der Waals surface area contributed by atoms with Gasteiger partial charge in [-0.3, -0.25) is 14.4 Å². The van der Waals surface area contributed by atoms with Gasteiger partial charge in [0.25, 0.3) is 0 Å². The standard InChI is InChI=1S/C26H27N3O6/c1-2-34-26(33)15-7-6-12-29(14-15)19-13-18(27-11-5-10-20(30)31)21-22-23(19)28-35-25(22)17-9-4-3-8-16(17)24(21)32/h3-4,8-9,13,15,27H,2,5-7,10-12,14H2,1H3,(H,30,31)/t15-/m0/s1. The molecular weight excluding hydrogens is 450 g/mol. The van der Waals surface area contributed by atoms with Crippen LogP contribution >= 0.6 is 0 Å². The second-order valence-electron chi connectivity index (χ2n) is 8.89. The number of rotatable bonds is 8. The van der Waals surface area contributed by atoms with E-state index in [0.29, 0.717) is 65.2 Å². The summed E-state index contributed by atoms with van der Waals surface area (Å²) in [5.41, 5.74) is 3.69. The minimum Gasteiger partial charge on any atom is -0.481 e. The molecule has 0 saturated carbocycles. The number of esters is 1. The first-order valence-corrected chi connectivity index (χ1v) is 12.0. The van der Waals surface area contributed by atoms with E-state index in [4.69, 9.17) is 14.4 Å². The number of ether oxygens (including phenoxy) is 1. The summed E-state index contributed by atoms with van der Waals surface area (Å²) in [6, 6.07) is 9.16. The average Bonchev–Trinajstić information content (AvgIpc) is 3.30. The van der Waals surface area contributed by atoms with Crippen LogP contribution in [0.4, 0.5) is 11.4 Å². The highest BCUT2D eigenvalue weighted by Gasteiger charge is 2.35. The van der Waals surface area contributed by atoms with E-state index in [1.165, 1.54) is 0 Å². The van der Waals surface area contributed by atoms with Crippen LogP contribution in [-0.4, -0.2) is 54.2 Å². The van der Waals surface area contributed by atoms with Gasteiger partial charge in [0.15, 0.2) is 11.5 Å². The van der Waals surface area contributed by atoms with Crippen molar-refractivity contribution in [2.24, 2.45) is 5.92 Å². The summed E-state index contributed by atoms with van der Waals surface area (Å²) in [5, 5.41) is 17.3. The molecular formula is C26H27N3O6. The molecule has 0 radical (unpaired) electrons. The van der Waals surface area contributed by atoms with Crippen molar-refractivity contribution in [3.8, 4) is 11.3 Å². The first kappa shape index (κ1) is 22.9. The second kappa shape index (κ2) is 9.40. The Morgan fingerprint density at radius 2 is 2.09 bits per heavy atom. The maximum absolute atomic E-state index is 13.6. The number of hydrogen-bond acceptors (Lipinski definition) is 8. The molecule has 1 atom stereocenters. The molecule has 1 aliphatic carbocycles. The highest BCUT2D eigenvalue weighted by molar-refractivity contribution is 6.28. The van der Waals surface area contributed by atoms with E-state index in [2.05, 4.69) is 15.4 Å². The zero-order valence-electron chi connectivity index (χ0n) is 19.5. The van der Waals surface area contributed by atoms with Crippen molar-refractivity contribution < 1.29 is 28.8 Å². The number of aromatic nitrogens is 1. The number of nitrogens with one attached hydrogen (secondary N) is 1. The van der Waals surface area contributed by atoms with Gasteiger partial charge in [-0.2, -0.15) is 0 Å². The lowest BCUT2D eigenvalue weighted by Gasteiger charge is -2.34. The van der Waals surface area contributed by atoms with Gasteiger partial charge in [0.2, 0.25) is 0 Å². The van der Waals surface area contributed by atoms with Crippen molar-refractivity contribution in [1.82, 2.24) is 5.16 Å². The van der Waals surface area contributed by atoms with Gasteiger partial charge < -0.3 is 24.6 Å². The van der Waals surface area contributed by atoms with E-state index in [0.717, 1.165) is 25.1 Å². The summed E-state index contributed by atoms with van der Waals surface area (Å²) >= 11 is 0. The zero-order valence-corrected chi connectivity index (χ0v) is 19.5. The number of carboxylic acid groups (broad SMARTS) is 1. The van der Waals surface area contributed by atoms with E-state index >= 15 is 0 Å². The van der Waals surface area contributed by atoms with Crippen LogP contribution in [0.2, 0.25) is 0 Å². The van der Waals surface area contributed by atoms with Gasteiger partial charge in [-0.25, -0.2) is 0 Å². The van der Waals surface area contributed by atoms with E-state index in [1.807, 2.05) is 24.3 Å². The first-order valence-electron chi connectivity index (χ1n) is 12.0. The van der Waals surface area contributed by atoms with Gasteiger partial charge in [0.1, 0.15) is 5.52 Å². The number of carboxylic acids is 1. The molecule has 0 spiro atoms. The Bertz CT molecular complexity index is 1310. The van der Waals surface area contributed by atoms with Crippen molar-refractivity contribution in [2.75, 3.05) is 36.5 Å². The van der Waals surface area contributed by atoms with Crippen molar-refractivity contribution in [2.45, 2.75) is 32.6 Å². The maximum Gasteiger partial charge on any atom is 0.310 e. The highest BCUT2D eigenvalue weighted by Crippen LogP contribution is 2.46. The first-order chi connectivity index (χ1) is 17.0. The fourth-order valence-corrected chi connectivity index (χ4v) is 5.03. The summed E-state index contributed by atoms with van der Waals surface area (Å²) in [6.07, 6.45) is 2.02. The van der Waals surface area contributed by atoms with Crippen molar-refractivity contribution in [3.63, 3.8) is 0 Å². The molecule has 0 unspecified atom stereocenters. The Morgan fingerprint density at radius 3 is 2.86 bits per heavy atom. The van der Waals surface area contributed by atoms with Crippen LogP contribution in [0.1, 0.15) is 48.5 Å². The van der Waals surface area contributed by atoms with Crippen LogP contribution in [0.5, 0.6) is 0 Å². The Labute approximate surface area is 202 Å². The SMILES string of the molecule is CCOC(=O)[C@H]1CCCN(c2cc(NCCCC(=O)O)c3c4c(onc24)-c2ccccc2C3=O)C1. The number of piperidine rings is 1. The molecule has 2 aliphatic rings. The molecule has 2 heterocycles. The van der Waals surface area contributed by atoms with Crippen molar-refractivity contribution >= 4 is 40.0 Å². The minimum atomic E-state index is -0.867. The van der Waals surface area contributed by atoms with Crippen LogP contribution in [-0.2, 0) is 14.3 Å². The second-order valence-corrected chi connectivity index (χ2v) is 8.89. The number of carbonyl (C=O) groups is 3. The van der Waals surface area contributed by atoms with Crippen LogP contribution in [0, 0.1) is 5.92 Å². The van der Waals surface area contributed by atoms with E-state index < -0.39 is 5.97 Å². The molecule has 3 aromatic rings. The third-order valence-corrected chi connectivity index (χ3v) is 6.64. The van der Waals surface area contributed by atoms with Crippen LogP contribution in [0.25, 0.3) is 22.2 Å². The fourth-order valence-electron chi connectivity index (χ4n) is 5.03. The number of aliphatic carboxylic acids is 1. The quantitative estimate of drug-likeness (QED) is 0.285. The topological polar surface area (TPSA) is 122 Å². The van der Waals surface area contributed by atoms with Gasteiger partial charge >= 0.3 is 11.9 Å². The lowest BCUT2D eigenvalue weighted by Crippen LogP contribution is -2.39. The Kier molecular flexibility index (Phi) is 6.15. The monoisotopic (exact) mass is 477 g/mol. The highest BCUT2D eigenvalue weighted by atomic mass is 16.5. The molecule has 182 valence electrons. The summed E-state index contributed by atoms with van der Waals surface area (Å²) in [5.74, 6) is -0.902. The maximum atomic E-state index is 13.6. The third kappa shape index (κ3) is 4.11. The molecule has 9 heteroatoms. The largest absolute Gasteiger partial charge is 0.481 e.